The van der Waals surface area contributed by atoms with Gasteiger partial charge in [0.15, 0.2) is 0 Å². The van der Waals surface area contributed by atoms with Crippen LogP contribution in [0.2, 0.25) is 5.02 Å². The van der Waals surface area contributed by atoms with Crippen molar-refractivity contribution in [1.29, 1.82) is 0 Å². The highest BCUT2D eigenvalue weighted by molar-refractivity contribution is 6.30. The zero-order valence-corrected chi connectivity index (χ0v) is 12.3. The molecular formula is C16H15ClN4. The van der Waals surface area contributed by atoms with Crippen molar-refractivity contribution in [2.45, 2.75) is 13.0 Å². The van der Waals surface area contributed by atoms with E-state index in [4.69, 9.17) is 17.3 Å². The second-order valence-corrected chi connectivity index (χ2v) is 5.32. The first-order chi connectivity index (χ1) is 10.1. The number of hydrogen-bond donors (Lipinski definition) is 1. The van der Waals surface area contributed by atoms with Crippen LogP contribution in [0.15, 0.2) is 55.1 Å². The number of hydrogen-bond acceptors (Lipinski definition) is 3. The number of nitrogens with two attached hydrogens (primary N) is 1. The second kappa shape index (κ2) is 5.58. The van der Waals surface area contributed by atoms with Crippen molar-refractivity contribution >= 4 is 17.4 Å². The van der Waals surface area contributed by atoms with E-state index in [0.717, 1.165) is 21.8 Å². The van der Waals surface area contributed by atoms with Crippen molar-refractivity contribution in [3.8, 4) is 11.3 Å². The number of imidazole rings is 1. The summed E-state index contributed by atoms with van der Waals surface area (Å²) in [6.07, 6.45) is 5.35. The third kappa shape index (κ3) is 2.76. The van der Waals surface area contributed by atoms with Gasteiger partial charge in [-0.05, 0) is 36.8 Å². The molecule has 0 bridgehead atoms. The quantitative estimate of drug-likeness (QED) is 0.800. The summed E-state index contributed by atoms with van der Waals surface area (Å²) in [5.74, 6) is 0.496. The van der Waals surface area contributed by atoms with Gasteiger partial charge in [-0.15, -0.1) is 0 Å². The van der Waals surface area contributed by atoms with E-state index < -0.39 is 0 Å². The molecule has 0 spiro atoms. The number of aromatic nitrogens is 3. The molecule has 0 aliphatic carbocycles. The largest absolute Gasteiger partial charge is 0.384 e. The normalized spacial score (nSPS) is 12.3. The molecule has 1 aromatic carbocycles. The summed E-state index contributed by atoms with van der Waals surface area (Å²) >= 11 is 6.08. The van der Waals surface area contributed by atoms with Crippen LogP contribution < -0.4 is 5.73 Å². The standard InChI is InChI=1S/C16H15ClN4/c1-11(12-3-2-4-14(17)7-12)21-10-19-9-15(21)13-5-6-20-16(18)8-13/h2-11H,1H3,(H2,18,20). The van der Waals surface area contributed by atoms with E-state index in [9.17, 15) is 0 Å². The molecule has 0 radical (unpaired) electrons. The van der Waals surface area contributed by atoms with Crippen molar-refractivity contribution in [3.05, 3.63) is 65.7 Å². The molecule has 21 heavy (non-hydrogen) atoms. The summed E-state index contributed by atoms with van der Waals surface area (Å²) in [4.78, 5) is 8.29. The summed E-state index contributed by atoms with van der Waals surface area (Å²) in [6, 6.07) is 11.7. The lowest BCUT2D eigenvalue weighted by Crippen LogP contribution is -2.07. The topological polar surface area (TPSA) is 56.7 Å². The first-order valence-electron chi connectivity index (χ1n) is 6.64. The summed E-state index contributed by atoms with van der Waals surface area (Å²) < 4.78 is 2.10. The molecule has 0 aliphatic heterocycles. The molecule has 0 saturated carbocycles. The van der Waals surface area contributed by atoms with Crippen LogP contribution in [0, 0.1) is 0 Å². The average Bonchev–Trinajstić information content (AvgIpc) is 2.96. The maximum Gasteiger partial charge on any atom is 0.123 e. The zero-order chi connectivity index (χ0) is 14.8. The monoisotopic (exact) mass is 298 g/mol. The number of rotatable bonds is 3. The van der Waals surface area contributed by atoms with Crippen molar-refractivity contribution in [2.75, 3.05) is 5.73 Å². The second-order valence-electron chi connectivity index (χ2n) is 4.89. The Morgan fingerprint density at radius 2 is 2.10 bits per heavy atom. The number of nitrogens with zero attached hydrogens (tertiary/aromatic N) is 3. The fourth-order valence-corrected chi connectivity index (χ4v) is 2.57. The fraction of sp³-hybridized carbons (Fsp3) is 0.125. The van der Waals surface area contributed by atoms with Gasteiger partial charge in [0.25, 0.3) is 0 Å². The molecule has 4 nitrogen and oxygen atoms in total. The maximum absolute atomic E-state index is 6.08. The summed E-state index contributed by atoms with van der Waals surface area (Å²) in [6.45, 7) is 2.11. The summed E-state index contributed by atoms with van der Waals surface area (Å²) in [5.41, 5.74) is 8.88. The SMILES string of the molecule is CC(c1cccc(Cl)c1)n1cncc1-c1ccnc(N)c1. The molecule has 5 heteroatoms. The smallest absolute Gasteiger partial charge is 0.123 e. The summed E-state index contributed by atoms with van der Waals surface area (Å²) in [5, 5.41) is 0.731. The van der Waals surface area contributed by atoms with E-state index in [-0.39, 0.29) is 6.04 Å². The number of anilines is 1. The Bertz CT molecular complexity index is 766. The molecule has 106 valence electrons. The van der Waals surface area contributed by atoms with Gasteiger partial charge >= 0.3 is 0 Å². The van der Waals surface area contributed by atoms with E-state index in [1.54, 1.807) is 6.20 Å². The minimum atomic E-state index is 0.121. The lowest BCUT2D eigenvalue weighted by atomic mass is 10.1. The Morgan fingerprint density at radius 1 is 1.24 bits per heavy atom. The molecule has 1 atom stereocenters. The predicted octanol–water partition coefficient (Wildman–Crippen LogP) is 3.79. The van der Waals surface area contributed by atoms with E-state index >= 15 is 0 Å². The molecule has 3 aromatic rings. The first kappa shape index (κ1) is 13.6. The lowest BCUT2D eigenvalue weighted by molar-refractivity contribution is 0.644. The van der Waals surface area contributed by atoms with Gasteiger partial charge in [0.05, 0.1) is 24.3 Å². The number of nitrogen functional groups attached to an aromatic ring is 1. The highest BCUT2D eigenvalue weighted by Gasteiger charge is 2.13. The fourth-order valence-electron chi connectivity index (χ4n) is 2.37. The van der Waals surface area contributed by atoms with Crippen molar-refractivity contribution in [3.63, 3.8) is 0 Å². The van der Waals surface area contributed by atoms with E-state index in [0.29, 0.717) is 5.82 Å². The van der Waals surface area contributed by atoms with Crippen molar-refractivity contribution < 1.29 is 0 Å². The van der Waals surface area contributed by atoms with E-state index in [1.807, 2.05) is 42.9 Å². The highest BCUT2D eigenvalue weighted by Crippen LogP contribution is 2.27. The predicted molar refractivity (Wildman–Crippen MR) is 85.1 cm³/mol. The van der Waals surface area contributed by atoms with Crippen molar-refractivity contribution in [2.24, 2.45) is 0 Å². The summed E-state index contributed by atoms with van der Waals surface area (Å²) in [7, 11) is 0. The molecule has 1 unspecified atom stereocenters. The average molecular weight is 299 g/mol. The van der Waals surface area contributed by atoms with Crippen LogP contribution in [-0.2, 0) is 0 Å². The van der Waals surface area contributed by atoms with Gasteiger partial charge in [-0.25, -0.2) is 9.97 Å². The Hall–Kier alpha value is -2.33. The van der Waals surface area contributed by atoms with Crippen LogP contribution in [-0.4, -0.2) is 14.5 Å². The third-order valence-corrected chi connectivity index (χ3v) is 3.73. The maximum atomic E-state index is 6.08. The first-order valence-corrected chi connectivity index (χ1v) is 7.02. The molecule has 0 fully saturated rings. The van der Waals surface area contributed by atoms with Crippen LogP contribution in [0.25, 0.3) is 11.3 Å². The molecule has 0 amide bonds. The number of halogens is 1. The zero-order valence-electron chi connectivity index (χ0n) is 11.6. The van der Waals surface area contributed by atoms with Gasteiger partial charge in [0.2, 0.25) is 0 Å². The molecular weight excluding hydrogens is 284 g/mol. The molecule has 2 heterocycles. The van der Waals surface area contributed by atoms with Gasteiger partial charge in [-0.2, -0.15) is 0 Å². The molecule has 0 saturated heterocycles. The number of benzene rings is 1. The molecule has 0 aliphatic rings. The molecule has 2 aromatic heterocycles. The Labute approximate surface area is 128 Å². The van der Waals surface area contributed by atoms with E-state index in [2.05, 4.69) is 27.5 Å². The van der Waals surface area contributed by atoms with Gasteiger partial charge < -0.3 is 10.3 Å². The third-order valence-electron chi connectivity index (χ3n) is 3.49. The Morgan fingerprint density at radius 3 is 2.86 bits per heavy atom. The Kier molecular flexibility index (Phi) is 3.62. The van der Waals surface area contributed by atoms with Gasteiger partial charge in [-0.1, -0.05) is 23.7 Å². The highest BCUT2D eigenvalue weighted by atomic mass is 35.5. The lowest BCUT2D eigenvalue weighted by Gasteiger charge is -2.17. The van der Waals surface area contributed by atoms with Crippen LogP contribution >= 0.6 is 11.6 Å². The van der Waals surface area contributed by atoms with E-state index in [1.165, 1.54) is 0 Å². The minimum absolute atomic E-state index is 0.121. The number of pyridine rings is 1. The van der Waals surface area contributed by atoms with Gasteiger partial charge in [0, 0.05) is 16.8 Å². The van der Waals surface area contributed by atoms with Gasteiger partial charge in [0.1, 0.15) is 5.82 Å². The molecule has 3 rings (SSSR count). The van der Waals surface area contributed by atoms with Crippen LogP contribution in [0.5, 0.6) is 0 Å². The van der Waals surface area contributed by atoms with Gasteiger partial charge in [-0.3, -0.25) is 0 Å². The Balaban J connectivity index is 2.03. The van der Waals surface area contributed by atoms with Crippen LogP contribution in [0.1, 0.15) is 18.5 Å². The van der Waals surface area contributed by atoms with Crippen LogP contribution in [0.4, 0.5) is 5.82 Å². The molecule has 2 N–H and O–H groups in total. The van der Waals surface area contributed by atoms with Crippen LogP contribution in [0.3, 0.4) is 0 Å². The van der Waals surface area contributed by atoms with Crippen molar-refractivity contribution in [1.82, 2.24) is 14.5 Å². The minimum Gasteiger partial charge on any atom is -0.384 e.